The van der Waals surface area contributed by atoms with Crippen LogP contribution in [0.5, 0.6) is 5.75 Å². The summed E-state index contributed by atoms with van der Waals surface area (Å²) in [7, 11) is 0. The number of benzene rings is 2. The predicted octanol–water partition coefficient (Wildman–Crippen LogP) is 4.21. The summed E-state index contributed by atoms with van der Waals surface area (Å²) in [6.07, 6.45) is 0. The molecule has 0 unspecified atom stereocenters. The maximum atomic E-state index is 12.1. The van der Waals surface area contributed by atoms with Gasteiger partial charge in [-0.05, 0) is 24.6 Å². The van der Waals surface area contributed by atoms with Crippen molar-refractivity contribution in [3.8, 4) is 5.75 Å². The highest BCUT2D eigenvalue weighted by Crippen LogP contribution is 2.19. The molecule has 0 heterocycles. The first-order chi connectivity index (χ1) is 9.13. The number of rotatable bonds is 5. The minimum Gasteiger partial charge on any atom is -0.435 e. The minimum atomic E-state index is -2.80. The Labute approximate surface area is 111 Å². The van der Waals surface area contributed by atoms with E-state index < -0.39 is 6.61 Å². The third-order valence-electron chi connectivity index (χ3n) is 2.64. The van der Waals surface area contributed by atoms with E-state index >= 15 is 0 Å². The molecule has 2 nitrogen and oxygen atoms in total. The topological polar surface area (TPSA) is 21.3 Å². The lowest BCUT2D eigenvalue weighted by Gasteiger charge is -2.09. The Balaban J connectivity index is 1.99. The molecular weight excluding hydrogens is 248 g/mol. The summed E-state index contributed by atoms with van der Waals surface area (Å²) in [5.41, 5.74) is 3.08. The molecule has 19 heavy (non-hydrogen) atoms. The van der Waals surface area contributed by atoms with Crippen LogP contribution in [-0.2, 0) is 6.54 Å². The molecule has 2 aromatic carbocycles. The van der Waals surface area contributed by atoms with Crippen molar-refractivity contribution in [2.75, 3.05) is 5.32 Å². The summed E-state index contributed by atoms with van der Waals surface area (Å²) in [5.74, 6) is 0.157. The molecular formula is C15H15F2NO. The fourth-order valence-electron chi connectivity index (χ4n) is 1.81. The first-order valence-electron chi connectivity index (χ1n) is 5.98. The minimum absolute atomic E-state index is 0.157. The Bertz CT molecular complexity index is 543. The Kier molecular flexibility index (Phi) is 4.34. The van der Waals surface area contributed by atoms with E-state index in [1.54, 1.807) is 12.1 Å². The molecule has 0 bridgehead atoms. The summed E-state index contributed by atoms with van der Waals surface area (Å²) in [6, 6.07) is 14.7. The van der Waals surface area contributed by atoms with Crippen LogP contribution in [0.4, 0.5) is 14.5 Å². The molecule has 0 atom stereocenters. The Morgan fingerprint density at radius 1 is 1.11 bits per heavy atom. The van der Waals surface area contributed by atoms with E-state index in [4.69, 9.17) is 0 Å². The highest BCUT2D eigenvalue weighted by molar-refractivity contribution is 5.48. The molecule has 1 N–H and O–H groups in total. The monoisotopic (exact) mass is 263 g/mol. The van der Waals surface area contributed by atoms with Crippen LogP contribution in [0.1, 0.15) is 11.1 Å². The van der Waals surface area contributed by atoms with Gasteiger partial charge >= 0.3 is 6.61 Å². The molecule has 0 fully saturated rings. The number of aryl methyl sites for hydroxylation is 1. The van der Waals surface area contributed by atoms with E-state index in [1.807, 2.05) is 31.2 Å². The van der Waals surface area contributed by atoms with Crippen LogP contribution in [-0.4, -0.2) is 6.61 Å². The van der Waals surface area contributed by atoms with Crippen LogP contribution in [0.25, 0.3) is 0 Å². The lowest BCUT2D eigenvalue weighted by atomic mass is 10.1. The smallest absolute Gasteiger partial charge is 0.387 e. The van der Waals surface area contributed by atoms with E-state index in [9.17, 15) is 8.78 Å². The summed E-state index contributed by atoms with van der Waals surface area (Å²) >= 11 is 0. The van der Waals surface area contributed by atoms with E-state index in [2.05, 4.69) is 16.1 Å². The molecule has 0 aromatic heterocycles. The number of anilines is 1. The number of hydrogen-bond acceptors (Lipinski definition) is 2. The van der Waals surface area contributed by atoms with Crippen molar-refractivity contribution in [1.29, 1.82) is 0 Å². The van der Waals surface area contributed by atoms with Crippen LogP contribution in [0, 0.1) is 6.92 Å². The van der Waals surface area contributed by atoms with Crippen LogP contribution in [0.2, 0.25) is 0 Å². The Morgan fingerprint density at radius 3 is 2.63 bits per heavy atom. The molecule has 0 amide bonds. The van der Waals surface area contributed by atoms with Gasteiger partial charge in [-0.25, -0.2) is 0 Å². The van der Waals surface area contributed by atoms with Gasteiger partial charge in [0.1, 0.15) is 5.75 Å². The maximum absolute atomic E-state index is 12.1. The lowest BCUT2D eigenvalue weighted by molar-refractivity contribution is -0.0498. The van der Waals surface area contributed by atoms with Gasteiger partial charge in [0.05, 0.1) is 0 Å². The SMILES string of the molecule is Cc1cccc(CNc2cccc(OC(F)F)c2)c1. The molecule has 0 aliphatic rings. The molecule has 0 aliphatic heterocycles. The number of ether oxygens (including phenoxy) is 1. The lowest BCUT2D eigenvalue weighted by Crippen LogP contribution is -2.03. The molecule has 0 saturated heterocycles. The fourth-order valence-corrected chi connectivity index (χ4v) is 1.81. The third kappa shape index (κ3) is 4.25. The van der Waals surface area contributed by atoms with Gasteiger partial charge in [0.25, 0.3) is 0 Å². The number of alkyl halides is 2. The first-order valence-corrected chi connectivity index (χ1v) is 5.98. The second kappa shape index (κ2) is 6.18. The van der Waals surface area contributed by atoms with Gasteiger partial charge in [-0.3, -0.25) is 0 Å². The predicted molar refractivity (Wildman–Crippen MR) is 71.6 cm³/mol. The molecule has 2 rings (SSSR count). The van der Waals surface area contributed by atoms with E-state index in [-0.39, 0.29) is 5.75 Å². The Morgan fingerprint density at radius 2 is 1.89 bits per heavy atom. The highest BCUT2D eigenvalue weighted by atomic mass is 19.3. The van der Waals surface area contributed by atoms with Crippen molar-refractivity contribution in [3.63, 3.8) is 0 Å². The van der Waals surface area contributed by atoms with E-state index in [0.717, 1.165) is 11.3 Å². The summed E-state index contributed by atoms with van der Waals surface area (Å²) < 4.78 is 28.6. The van der Waals surface area contributed by atoms with Gasteiger partial charge in [-0.2, -0.15) is 8.78 Å². The quantitative estimate of drug-likeness (QED) is 0.872. The van der Waals surface area contributed by atoms with E-state index in [0.29, 0.717) is 6.54 Å². The van der Waals surface area contributed by atoms with Gasteiger partial charge in [0.15, 0.2) is 0 Å². The second-order valence-electron chi connectivity index (χ2n) is 4.25. The first kappa shape index (κ1) is 13.3. The zero-order chi connectivity index (χ0) is 13.7. The standard InChI is InChI=1S/C15H15F2NO/c1-11-4-2-5-12(8-11)10-18-13-6-3-7-14(9-13)19-15(16)17/h2-9,15,18H,10H2,1H3. The van der Waals surface area contributed by atoms with Crippen LogP contribution >= 0.6 is 0 Å². The molecule has 4 heteroatoms. The zero-order valence-corrected chi connectivity index (χ0v) is 10.6. The van der Waals surface area contributed by atoms with Gasteiger partial charge in [0, 0.05) is 18.3 Å². The molecule has 2 aromatic rings. The van der Waals surface area contributed by atoms with E-state index in [1.165, 1.54) is 11.6 Å². The molecule has 0 saturated carbocycles. The van der Waals surface area contributed by atoms with Gasteiger partial charge in [-0.15, -0.1) is 0 Å². The van der Waals surface area contributed by atoms with Crippen molar-refractivity contribution in [1.82, 2.24) is 0 Å². The second-order valence-corrected chi connectivity index (χ2v) is 4.25. The number of hydrogen-bond donors (Lipinski definition) is 1. The zero-order valence-electron chi connectivity index (χ0n) is 10.6. The molecule has 0 radical (unpaired) electrons. The molecule has 0 spiro atoms. The van der Waals surface area contributed by atoms with Crippen LogP contribution in [0.3, 0.4) is 0 Å². The van der Waals surface area contributed by atoms with Crippen molar-refractivity contribution >= 4 is 5.69 Å². The molecule has 0 aliphatic carbocycles. The van der Waals surface area contributed by atoms with Crippen molar-refractivity contribution in [2.24, 2.45) is 0 Å². The average molecular weight is 263 g/mol. The largest absolute Gasteiger partial charge is 0.435 e. The normalized spacial score (nSPS) is 10.5. The average Bonchev–Trinajstić information content (AvgIpc) is 2.36. The summed E-state index contributed by atoms with van der Waals surface area (Å²) in [5, 5.41) is 3.18. The summed E-state index contributed by atoms with van der Waals surface area (Å²) in [4.78, 5) is 0. The van der Waals surface area contributed by atoms with Crippen molar-refractivity contribution in [2.45, 2.75) is 20.1 Å². The summed E-state index contributed by atoms with van der Waals surface area (Å²) in [6.45, 7) is -0.132. The number of nitrogens with one attached hydrogen (secondary N) is 1. The van der Waals surface area contributed by atoms with Gasteiger partial charge in [-0.1, -0.05) is 35.9 Å². The van der Waals surface area contributed by atoms with Crippen molar-refractivity contribution < 1.29 is 13.5 Å². The van der Waals surface area contributed by atoms with Crippen LogP contribution in [0.15, 0.2) is 48.5 Å². The fraction of sp³-hybridized carbons (Fsp3) is 0.200. The van der Waals surface area contributed by atoms with Gasteiger partial charge in [0.2, 0.25) is 0 Å². The number of halogens is 2. The highest BCUT2D eigenvalue weighted by Gasteiger charge is 2.04. The molecule has 100 valence electrons. The van der Waals surface area contributed by atoms with Gasteiger partial charge < -0.3 is 10.1 Å². The third-order valence-corrected chi connectivity index (χ3v) is 2.64. The Hall–Kier alpha value is -2.10. The maximum Gasteiger partial charge on any atom is 0.387 e. The van der Waals surface area contributed by atoms with Crippen LogP contribution < -0.4 is 10.1 Å². The van der Waals surface area contributed by atoms with Crippen molar-refractivity contribution in [3.05, 3.63) is 59.7 Å².